The first-order valence-corrected chi connectivity index (χ1v) is 5.48. The quantitative estimate of drug-likeness (QED) is 0.572. The molecule has 4 heteroatoms. The van der Waals surface area contributed by atoms with E-state index in [9.17, 15) is 9.90 Å². The molecular weight excluding hydrogens is 194 g/mol. The molecule has 1 unspecified atom stereocenters. The van der Waals surface area contributed by atoms with E-state index in [4.69, 9.17) is 5.11 Å². The minimum Gasteiger partial charge on any atom is -0.481 e. The van der Waals surface area contributed by atoms with Gasteiger partial charge in [0.25, 0.3) is 0 Å². The molecule has 0 bridgehead atoms. The first kappa shape index (κ1) is 14.4. The van der Waals surface area contributed by atoms with Gasteiger partial charge in [-0.15, -0.1) is 0 Å². The van der Waals surface area contributed by atoms with Crippen molar-refractivity contribution in [2.75, 3.05) is 13.1 Å². The normalized spacial score (nSPS) is 13.9. The van der Waals surface area contributed by atoms with Gasteiger partial charge in [0.05, 0.1) is 6.10 Å². The zero-order chi connectivity index (χ0) is 11.9. The molecule has 3 N–H and O–H groups in total. The maximum atomic E-state index is 10.3. The summed E-state index contributed by atoms with van der Waals surface area (Å²) in [5.74, 6) is -0.858. The summed E-state index contributed by atoms with van der Waals surface area (Å²) < 4.78 is 0. The molecule has 0 fully saturated rings. The van der Waals surface area contributed by atoms with Gasteiger partial charge in [0.15, 0.2) is 0 Å². The van der Waals surface area contributed by atoms with Gasteiger partial charge in [-0.05, 0) is 18.3 Å². The van der Waals surface area contributed by atoms with Gasteiger partial charge in [0.1, 0.15) is 0 Å². The molecule has 4 nitrogen and oxygen atoms in total. The van der Waals surface area contributed by atoms with Crippen LogP contribution in [0.1, 0.15) is 40.0 Å². The second-order valence-corrected chi connectivity index (χ2v) is 4.73. The van der Waals surface area contributed by atoms with Crippen molar-refractivity contribution >= 4 is 5.97 Å². The minimum atomic E-state index is -0.858. The number of aliphatic hydroxyl groups is 1. The van der Waals surface area contributed by atoms with Gasteiger partial charge >= 0.3 is 5.97 Å². The summed E-state index contributed by atoms with van der Waals surface area (Å²) in [6, 6.07) is 0. The summed E-state index contributed by atoms with van der Waals surface area (Å²) in [6.07, 6.45) is 0.855. The standard InChI is InChI=1S/C11H23NO3/c1-4-11(2,3)8-12-7-9(13)5-6-10(14)15/h9,12-13H,4-8H2,1-3H3,(H,14,15). The number of hydrogen-bond donors (Lipinski definition) is 3. The lowest BCUT2D eigenvalue weighted by molar-refractivity contribution is -0.137. The molecule has 0 aromatic heterocycles. The van der Waals surface area contributed by atoms with Crippen molar-refractivity contribution in [1.29, 1.82) is 0 Å². The summed E-state index contributed by atoms with van der Waals surface area (Å²) in [7, 11) is 0. The highest BCUT2D eigenvalue weighted by Crippen LogP contribution is 2.17. The Morgan fingerprint density at radius 2 is 2.07 bits per heavy atom. The summed E-state index contributed by atoms with van der Waals surface area (Å²) in [4.78, 5) is 10.3. The van der Waals surface area contributed by atoms with Crippen LogP contribution in [-0.2, 0) is 4.79 Å². The Labute approximate surface area is 91.7 Å². The fourth-order valence-corrected chi connectivity index (χ4v) is 1.09. The zero-order valence-corrected chi connectivity index (χ0v) is 9.92. The highest BCUT2D eigenvalue weighted by Gasteiger charge is 2.15. The van der Waals surface area contributed by atoms with Crippen molar-refractivity contribution in [2.45, 2.75) is 46.1 Å². The third-order valence-electron chi connectivity index (χ3n) is 2.63. The van der Waals surface area contributed by atoms with Crippen LogP contribution in [0.5, 0.6) is 0 Å². The molecule has 1 atom stereocenters. The van der Waals surface area contributed by atoms with Gasteiger partial charge in [-0.1, -0.05) is 20.8 Å². The second-order valence-electron chi connectivity index (χ2n) is 4.73. The Hall–Kier alpha value is -0.610. The fraction of sp³-hybridized carbons (Fsp3) is 0.909. The zero-order valence-electron chi connectivity index (χ0n) is 9.92. The Balaban J connectivity index is 3.54. The predicted octanol–water partition coefficient (Wildman–Crippen LogP) is 1.24. The van der Waals surface area contributed by atoms with Crippen molar-refractivity contribution in [1.82, 2.24) is 5.32 Å². The molecular formula is C11H23NO3. The lowest BCUT2D eigenvalue weighted by atomic mass is 9.90. The van der Waals surface area contributed by atoms with Crippen LogP contribution in [0.25, 0.3) is 0 Å². The van der Waals surface area contributed by atoms with Crippen LogP contribution in [0.4, 0.5) is 0 Å². The monoisotopic (exact) mass is 217 g/mol. The van der Waals surface area contributed by atoms with E-state index in [1.807, 2.05) is 0 Å². The number of carboxylic acid groups (broad SMARTS) is 1. The minimum absolute atomic E-state index is 0.0278. The van der Waals surface area contributed by atoms with E-state index >= 15 is 0 Å². The third-order valence-corrected chi connectivity index (χ3v) is 2.63. The van der Waals surface area contributed by atoms with Crippen molar-refractivity contribution < 1.29 is 15.0 Å². The summed E-state index contributed by atoms with van der Waals surface area (Å²) in [5.41, 5.74) is 0.229. The van der Waals surface area contributed by atoms with E-state index in [1.54, 1.807) is 0 Å². The van der Waals surface area contributed by atoms with Gasteiger partial charge < -0.3 is 15.5 Å². The van der Waals surface area contributed by atoms with Crippen LogP contribution >= 0.6 is 0 Å². The van der Waals surface area contributed by atoms with Crippen molar-refractivity contribution in [3.8, 4) is 0 Å². The number of hydrogen-bond acceptors (Lipinski definition) is 3. The number of rotatable bonds is 8. The topological polar surface area (TPSA) is 69.6 Å². The van der Waals surface area contributed by atoms with Gasteiger partial charge in [-0.2, -0.15) is 0 Å². The van der Waals surface area contributed by atoms with E-state index < -0.39 is 12.1 Å². The van der Waals surface area contributed by atoms with Crippen LogP contribution in [0.3, 0.4) is 0 Å². The predicted molar refractivity (Wildman–Crippen MR) is 59.8 cm³/mol. The molecule has 15 heavy (non-hydrogen) atoms. The average Bonchev–Trinajstić information content (AvgIpc) is 2.14. The molecule has 0 aliphatic heterocycles. The molecule has 0 aliphatic carbocycles. The first-order valence-electron chi connectivity index (χ1n) is 5.48. The number of carbonyl (C=O) groups is 1. The molecule has 90 valence electrons. The third kappa shape index (κ3) is 8.39. The molecule has 0 heterocycles. The largest absolute Gasteiger partial charge is 0.481 e. The number of aliphatic carboxylic acids is 1. The molecule has 0 amide bonds. The van der Waals surface area contributed by atoms with Crippen LogP contribution in [-0.4, -0.2) is 35.4 Å². The van der Waals surface area contributed by atoms with Gasteiger partial charge in [0, 0.05) is 19.5 Å². The van der Waals surface area contributed by atoms with E-state index in [0.29, 0.717) is 13.0 Å². The smallest absolute Gasteiger partial charge is 0.303 e. The Bertz CT molecular complexity index is 192. The van der Waals surface area contributed by atoms with Crippen molar-refractivity contribution in [3.63, 3.8) is 0 Å². The molecule has 0 rings (SSSR count). The highest BCUT2D eigenvalue weighted by atomic mass is 16.4. The van der Waals surface area contributed by atoms with Crippen LogP contribution in [0.15, 0.2) is 0 Å². The summed E-state index contributed by atoms with van der Waals surface area (Å²) in [6.45, 7) is 7.75. The summed E-state index contributed by atoms with van der Waals surface area (Å²) >= 11 is 0. The lowest BCUT2D eigenvalue weighted by Crippen LogP contribution is -2.34. The Morgan fingerprint density at radius 1 is 1.47 bits per heavy atom. The van der Waals surface area contributed by atoms with Gasteiger partial charge in [-0.25, -0.2) is 0 Å². The van der Waals surface area contributed by atoms with Crippen molar-refractivity contribution in [2.24, 2.45) is 5.41 Å². The summed E-state index contributed by atoms with van der Waals surface area (Å²) in [5, 5.41) is 21.0. The highest BCUT2D eigenvalue weighted by molar-refractivity contribution is 5.66. The number of nitrogens with one attached hydrogen (secondary N) is 1. The molecule has 0 aromatic rings. The van der Waals surface area contributed by atoms with Crippen LogP contribution in [0, 0.1) is 5.41 Å². The van der Waals surface area contributed by atoms with Gasteiger partial charge in [0.2, 0.25) is 0 Å². The number of carboxylic acids is 1. The molecule has 0 aliphatic rings. The van der Waals surface area contributed by atoms with E-state index in [-0.39, 0.29) is 11.8 Å². The SMILES string of the molecule is CCC(C)(C)CNCC(O)CCC(=O)O. The van der Waals surface area contributed by atoms with E-state index in [1.165, 1.54) is 0 Å². The average molecular weight is 217 g/mol. The Kier molecular flexibility index (Phi) is 6.52. The number of aliphatic hydroxyl groups excluding tert-OH is 1. The first-order chi connectivity index (χ1) is 6.87. The molecule has 0 saturated heterocycles. The second kappa shape index (κ2) is 6.80. The maximum Gasteiger partial charge on any atom is 0.303 e. The van der Waals surface area contributed by atoms with Crippen LogP contribution < -0.4 is 5.32 Å². The molecule has 0 spiro atoms. The molecule has 0 saturated carbocycles. The van der Waals surface area contributed by atoms with E-state index in [0.717, 1.165) is 13.0 Å². The maximum absolute atomic E-state index is 10.3. The fourth-order valence-electron chi connectivity index (χ4n) is 1.09. The lowest BCUT2D eigenvalue weighted by Gasteiger charge is -2.23. The van der Waals surface area contributed by atoms with Crippen LogP contribution in [0.2, 0.25) is 0 Å². The van der Waals surface area contributed by atoms with Crippen molar-refractivity contribution in [3.05, 3.63) is 0 Å². The van der Waals surface area contributed by atoms with Gasteiger partial charge in [-0.3, -0.25) is 4.79 Å². The molecule has 0 aromatic carbocycles. The Morgan fingerprint density at radius 3 is 2.53 bits per heavy atom. The molecule has 0 radical (unpaired) electrons. The van der Waals surface area contributed by atoms with E-state index in [2.05, 4.69) is 26.1 Å².